The second-order valence-electron chi connectivity index (χ2n) is 5.49. The van der Waals surface area contributed by atoms with Crippen molar-refractivity contribution in [2.24, 2.45) is 0 Å². The Kier molecular flexibility index (Phi) is 7.33. The third kappa shape index (κ3) is 5.69. The summed E-state index contributed by atoms with van der Waals surface area (Å²) in [5.74, 6) is 0.961. The quantitative estimate of drug-likeness (QED) is 0.753. The van der Waals surface area contributed by atoms with E-state index < -0.39 is 0 Å². The topological polar surface area (TPSA) is 41.1 Å². The third-order valence-corrected chi connectivity index (χ3v) is 5.12. The van der Waals surface area contributed by atoms with E-state index in [0.29, 0.717) is 28.9 Å². The van der Waals surface area contributed by atoms with Crippen LogP contribution in [0.2, 0.25) is 5.02 Å². The molecule has 0 aliphatic heterocycles. The highest BCUT2D eigenvalue weighted by molar-refractivity contribution is 7.98. The predicted molar refractivity (Wildman–Crippen MR) is 91.0 cm³/mol. The van der Waals surface area contributed by atoms with Gasteiger partial charge in [-0.25, -0.2) is 9.18 Å². The standard InChI is InChI=1S/C16H22ClFN2OS/c17-14-7-4-8-15(18)13(14)11-22-10-9-19-16(21)20-12-5-2-1-3-6-12/h4,7-8,12H,1-3,5-6,9-11H2,(H2,19,20,21). The molecule has 1 aliphatic carbocycles. The van der Waals surface area contributed by atoms with Crippen LogP contribution in [0.15, 0.2) is 18.2 Å². The zero-order valence-corrected chi connectivity index (χ0v) is 14.1. The van der Waals surface area contributed by atoms with Crippen LogP contribution in [0.1, 0.15) is 37.7 Å². The summed E-state index contributed by atoms with van der Waals surface area (Å²) in [5.41, 5.74) is 0.529. The van der Waals surface area contributed by atoms with Gasteiger partial charge in [-0.2, -0.15) is 11.8 Å². The second-order valence-corrected chi connectivity index (χ2v) is 7.00. The average Bonchev–Trinajstić information content (AvgIpc) is 2.50. The van der Waals surface area contributed by atoms with E-state index in [1.54, 1.807) is 23.9 Å². The number of carbonyl (C=O) groups is 1. The van der Waals surface area contributed by atoms with Gasteiger partial charge in [0.2, 0.25) is 0 Å². The number of benzene rings is 1. The fraction of sp³-hybridized carbons (Fsp3) is 0.562. The Bertz CT molecular complexity index is 475. The van der Waals surface area contributed by atoms with Gasteiger partial charge in [0.25, 0.3) is 0 Å². The number of urea groups is 1. The van der Waals surface area contributed by atoms with Crippen LogP contribution in [-0.2, 0) is 5.75 Å². The lowest BCUT2D eigenvalue weighted by Crippen LogP contribution is -2.43. The summed E-state index contributed by atoms with van der Waals surface area (Å²) in [6.07, 6.45) is 5.82. The summed E-state index contributed by atoms with van der Waals surface area (Å²) in [5, 5.41) is 6.31. The van der Waals surface area contributed by atoms with Crippen molar-refractivity contribution >= 4 is 29.4 Å². The van der Waals surface area contributed by atoms with Gasteiger partial charge in [-0.15, -0.1) is 0 Å². The molecule has 2 rings (SSSR count). The zero-order chi connectivity index (χ0) is 15.8. The molecular formula is C16H22ClFN2OS. The molecule has 2 amide bonds. The Morgan fingerprint density at radius 3 is 2.82 bits per heavy atom. The summed E-state index contributed by atoms with van der Waals surface area (Å²) in [7, 11) is 0. The van der Waals surface area contributed by atoms with Crippen molar-refractivity contribution in [1.29, 1.82) is 0 Å². The molecule has 122 valence electrons. The fourth-order valence-electron chi connectivity index (χ4n) is 2.56. The Balaban J connectivity index is 1.59. The van der Waals surface area contributed by atoms with Crippen molar-refractivity contribution in [3.05, 3.63) is 34.6 Å². The molecule has 1 aromatic rings. The van der Waals surface area contributed by atoms with E-state index in [9.17, 15) is 9.18 Å². The van der Waals surface area contributed by atoms with E-state index in [1.165, 1.54) is 25.3 Å². The third-order valence-electron chi connectivity index (χ3n) is 3.78. The highest BCUT2D eigenvalue weighted by Crippen LogP contribution is 2.23. The van der Waals surface area contributed by atoms with E-state index in [1.807, 2.05) is 0 Å². The first-order chi connectivity index (χ1) is 10.7. The summed E-state index contributed by atoms with van der Waals surface area (Å²) in [4.78, 5) is 11.7. The minimum atomic E-state index is -0.275. The maximum atomic E-state index is 13.6. The van der Waals surface area contributed by atoms with Gasteiger partial charge in [-0.3, -0.25) is 0 Å². The van der Waals surface area contributed by atoms with E-state index in [0.717, 1.165) is 18.6 Å². The molecule has 0 heterocycles. The van der Waals surface area contributed by atoms with Crippen LogP contribution >= 0.6 is 23.4 Å². The van der Waals surface area contributed by atoms with Crippen LogP contribution < -0.4 is 10.6 Å². The summed E-state index contributed by atoms with van der Waals surface area (Å²) in [6.45, 7) is 0.565. The highest BCUT2D eigenvalue weighted by Gasteiger charge is 2.15. The smallest absolute Gasteiger partial charge is 0.315 e. The molecule has 22 heavy (non-hydrogen) atoms. The molecule has 1 fully saturated rings. The molecule has 0 radical (unpaired) electrons. The molecular weight excluding hydrogens is 323 g/mol. The Labute approximate surface area is 140 Å². The van der Waals surface area contributed by atoms with Crippen LogP contribution in [0.3, 0.4) is 0 Å². The summed E-state index contributed by atoms with van der Waals surface area (Å²) in [6, 6.07) is 4.92. The summed E-state index contributed by atoms with van der Waals surface area (Å²) < 4.78 is 13.6. The van der Waals surface area contributed by atoms with E-state index in [-0.39, 0.29) is 11.8 Å². The second kappa shape index (κ2) is 9.26. The van der Waals surface area contributed by atoms with Crippen molar-refractivity contribution in [2.45, 2.75) is 43.9 Å². The Hall–Kier alpha value is -0.940. The van der Waals surface area contributed by atoms with Crippen molar-refractivity contribution in [3.63, 3.8) is 0 Å². The minimum absolute atomic E-state index is 0.101. The van der Waals surface area contributed by atoms with Gasteiger partial charge in [-0.1, -0.05) is 36.9 Å². The molecule has 1 saturated carbocycles. The summed E-state index contributed by atoms with van der Waals surface area (Å²) >= 11 is 7.52. The van der Waals surface area contributed by atoms with Crippen molar-refractivity contribution in [3.8, 4) is 0 Å². The lowest BCUT2D eigenvalue weighted by atomic mass is 9.96. The fourth-order valence-corrected chi connectivity index (χ4v) is 3.76. The molecule has 0 unspecified atom stereocenters. The lowest BCUT2D eigenvalue weighted by Gasteiger charge is -2.22. The van der Waals surface area contributed by atoms with E-state index >= 15 is 0 Å². The molecule has 6 heteroatoms. The molecule has 1 aliphatic rings. The van der Waals surface area contributed by atoms with Gasteiger partial charge in [0.05, 0.1) is 0 Å². The molecule has 0 bridgehead atoms. The molecule has 2 N–H and O–H groups in total. The Morgan fingerprint density at radius 2 is 2.09 bits per heavy atom. The lowest BCUT2D eigenvalue weighted by molar-refractivity contribution is 0.233. The SMILES string of the molecule is O=C(NCCSCc1c(F)cccc1Cl)NC1CCCCC1. The van der Waals surface area contributed by atoms with Gasteiger partial charge in [0, 0.05) is 34.7 Å². The number of hydrogen-bond donors (Lipinski definition) is 2. The number of amides is 2. The van der Waals surface area contributed by atoms with Crippen molar-refractivity contribution in [2.75, 3.05) is 12.3 Å². The monoisotopic (exact) mass is 344 g/mol. The number of carbonyl (C=O) groups excluding carboxylic acids is 1. The molecule has 0 saturated heterocycles. The van der Waals surface area contributed by atoms with Crippen LogP contribution in [0, 0.1) is 5.82 Å². The molecule has 3 nitrogen and oxygen atoms in total. The maximum absolute atomic E-state index is 13.6. The largest absolute Gasteiger partial charge is 0.337 e. The van der Waals surface area contributed by atoms with E-state index in [4.69, 9.17) is 11.6 Å². The number of hydrogen-bond acceptors (Lipinski definition) is 2. The normalized spacial score (nSPS) is 15.5. The average molecular weight is 345 g/mol. The van der Waals surface area contributed by atoms with Gasteiger partial charge in [-0.05, 0) is 25.0 Å². The first-order valence-electron chi connectivity index (χ1n) is 7.72. The van der Waals surface area contributed by atoms with Gasteiger partial charge in [0.1, 0.15) is 5.82 Å². The number of thioether (sulfide) groups is 1. The van der Waals surface area contributed by atoms with Crippen molar-refractivity contribution < 1.29 is 9.18 Å². The first kappa shape index (κ1) is 17.4. The number of rotatable bonds is 6. The minimum Gasteiger partial charge on any atom is -0.337 e. The molecule has 0 aromatic heterocycles. The maximum Gasteiger partial charge on any atom is 0.315 e. The highest BCUT2D eigenvalue weighted by atomic mass is 35.5. The predicted octanol–water partition coefficient (Wildman–Crippen LogP) is 4.34. The number of halogens is 2. The zero-order valence-electron chi connectivity index (χ0n) is 12.5. The Morgan fingerprint density at radius 1 is 1.32 bits per heavy atom. The molecule has 1 aromatic carbocycles. The van der Waals surface area contributed by atoms with Crippen LogP contribution in [-0.4, -0.2) is 24.4 Å². The van der Waals surface area contributed by atoms with Gasteiger partial charge in [0.15, 0.2) is 0 Å². The number of nitrogens with one attached hydrogen (secondary N) is 2. The molecule has 0 spiro atoms. The molecule has 0 atom stereocenters. The first-order valence-corrected chi connectivity index (χ1v) is 9.25. The van der Waals surface area contributed by atoms with Crippen LogP contribution in [0.5, 0.6) is 0 Å². The van der Waals surface area contributed by atoms with Crippen molar-refractivity contribution in [1.82, 2.24) is 10.6 Å². The van der Waals surface area contributed by atoms with Crippen LogP contribution in [0.4, 0.5) is 9.18 Å². The van der Waals surface area contributed by atoms with Gasteiger partial charge < -0.3 is 10.6 Å². The van der Waals surface area contributed by atoms with E-state index in [2.05, 4.69) is 10.6 Å². The van der Waals surface area contributed by atoms with Gasteiger partial charge >= 0.3 is 6.03 Å². The van der Waals surface area contributed by atoms with Crippen LogP contribution in [0.25, 0.3) is 0 Å².